The zero-order valence-electron chi connectivity index (χ0n) is 10.7. The van der Waals surface area contributed by atoms with E-state index in [1.165, 1.54) is 23.5 Å². The lowest BCUT2D eigenvalue weighted by Crippen LogP contribution is -2.21. The van der Waals surface area contributed by atoms with Gasteiger partial charge in [-0.3, -0.25) is 0 Å². The van der Waals surface area contributed by atoms with Crippen LogP contribution in [-0.4, -0.2) is 16.2 Å². The minimum Gasteiger partial charge on any atom is -0.308 e. The van der Waals surface area contributed by atoms with Crippen LogP contribution in [0, 0.1) is 12.7 Å². The fourth-order valence-corrected chi connectivity index (χ4v) is 2.42. The average Bonchev–Trinajstić information content (AvgIpc) is 2.78. The quantitative estimate of drug-likeness (QED) is 0.922. The van der Waals surface area contributed by atoms with Crippen LogP contribution < -0.4 is 5.32 Å². The van der Waals surface area contributed by atoms with Crippen LogP contribution in [-0.2, 0) is 6.54 Å². The second-order valence-electron chi connectivity index (χ2n) is 4.50. The molecular formula is C13H16FN3S. The molecular weight excluding hydrogens is 249 g/mol. The van der Waals surface area contributed by atoms with Crippen LogP contribution in [0.25, 0.3) is 10.6 Å². The van der Waals surface area contributed by atoms with Gasteiger partial charge in [0.25, 0.3) is 0 Å². The molecule has 96 valence electrons. The Morgan fingerprint density at radius 2 is 2.11 bits per heavy atom. The van der Waals surface area contributed by atoms with E-state index >= 15 is 0 Å². The average molecular weight is 265 g/mol. The summed E-state index contributed by atoms with van der Waals surface area (Å²) < 4.78 is 13.2. The Hall–Kier alpha value is -1.33. The molecule has 3 nitrogen and oxygen atoms in total. The lowest BCUT2D eigenvalue weighted by molar-refractivity contribution is 0.585. The van der Waals surface area contributed by atoms with Gasteiger partial charge in [0.05, 0.1) is 0 Å². The first-order valence-corrected chi connectivity index (χ1v) is 6.70. The van der Waals surface area contributed by atoms with E-state index in [4.69, 9.17) is 0 Å². The molecule has 0 aliphatic carbocycles. The first-order chi connectivity index (χ1) is 8.56. The van der Waals surface area contributed by atoms with Gasteiger partial charge in [-0.15, -0.1) is 10.2 Å². The van der Waals surface area contributed by atoms with Gasteiger partial charge in [-0.05, 0) is 24.6 Å². The molecule has 0 spiro atoms. The minimum absolute atomic E-state index is 0.243. The fourth-order valence-electron chi connectivity index (χ4n) is 1.55. The zero-order valence-corrected chi connectivity index (χ0v) is 11.5. The molecule has 5 heteroatoms. The molecule has 1 aromatic heterocycles. The predicted molar refractivity (Wildman–Crippen MR) is 72.0 cm³/mol. The summed E-state index contributed by atoms with van der Waals surface area (Å²) in [4.78, 5) is 0. The SMILES string of the molecule is Cc1ccc(F)cc1-c1nnc(CNC(C)C)s1. The van der Waals surface area contributed by atoms with Crippen LogP contribution in [0.4, 0.5) is 4.39 Å². The molecule has 0 aliphatic rings. The number of hydrogen-bond donors (Lipinski definition) is 1. The molecule has 0 fully saturated rings. The van der Waals surface area contributed by atoms with Gasteiger partial charge in [0.1, 0.15) is 15.8 Å². The van der Waals surface area contributed by atoms with Gasteiger partial charge in [0, 0.05) is 18.2 Å². The van der Waals surface area contributed by atoms with Crippen molar-refractivity contribution in [1.29, 1.82) is 0 Å². The van der Waals surface area contributed by atoms with Crippen molar-refractivity contribution in [3.63, 3.8) is 0 Å². The highest BCUT2D eigenvalue weighted by Gasteiger charge is 2.10. The summed E-state index contributed by atoms with van der Waals surface area (Å²) >= 11 is 1.50. The molecule has 0 amide bonds. The molecule has 18 heavy (non-hydrogen) atoms. The van der Waals surface area contributed by atoms with E-state index in [9.17, 15) is 4.39 Å². The number of nitrogens with one attached hydrogen (secondary N) is 1. The van der Waals surface area contributed by atoms with Gasteiger partial charge in [0.15, 0.2) is 0 Å². The van der Waals surface area contributed by atoms with Crippen molar-refractivity contribution in [2.75, 3.05) is 0 Å². The van der Waals surface area contributed by atoms with Gasteiger partial charge in [-0.1, -0.05) is 31.3 Å². The Morgan fingerprint density at radius 3 is 2.83 bits per heavy atom. The van der Waals surface area contributed by atoms with Crippen molar-refractivity contribution in [3.05, 3.63) is 34.6 Å². The topological polar surface area (TPSA) is 37.8 Å². The Labute approximate surface area is 110 Å². The van der Waals surface area contributed by atoms with Crippen LogP contribution >= 0.6 is 11.3 Å². The summed E-state index contributed by atoms with van der Waals surface area (Å²) in [6.07, 6.45) is 0. The molecule has 0 saturated heterocycles. The number of rotatable bonds is 4. The molecule has 0 saturated carbocycles. The van der Waals surface area contributed by atoms with E-state index in [0.29, 0.717) is 12.6 Å². The van der Waals surface area contributed by atoms with Gasteiger partial charge >= 0.3 is 0 Å². The minimum atomic E-state index is -0.243. The summed E-state index contributed by atoms with van der Waals surface area (Å²) in [5, 5.41) is 13.2. The van der Waals surface area contributed by atoms with Gasteiger partial charge in [0.2, 0.25) is 0 Å². The number of halogens is 1. The maximum atomic E-state index is 13.2. The first kappa shape index (κ1) is 13.1. The Morgan fingerprint density at radius 1 is 1.33 bits per heavy atom. The van der Waals surface area contributed by atoms with Crippen LogP contribution in [0.1, 0.15) is 24.4 Å². The largest absolute Gasteiger partial charge is 0.308 e. The van der Waals surface area contributed by atoms with E-state index in [1.54, 1.807) is 6.07 Å². The second-order valence-corrected chi connectivity index (χ2v) is 5.56. The Balaban J connectivity index is 2.21. The second kappa shape index (κ2) is 5.54. The third kappa shape index (κ3) is 3.11. The third-order valence-corrected chi connectivity index (χ3v) is 3.51. The van der Waals surface area contributed by atoms with Gasteiger partial charge in [-0.2, -0.15) is 0 Å². The van der Waals surface area contributed by atoms with Crippen molar-refractivity contribution < 1.29 is 4.39 Å². The Kier molecular flexibility index (Phi) is 4.04. The standard InChI is InChI=1S/C13H16FN3S/c1-8(2)15-7-12-16-17-13(18-12)11-6-10(14)5-4-9(11)3/h4-6,8,15H,7H2,1-3H3. The molecule has 0 aliphatic heterocycles. The highest BCUT2D eigenvalue weighted by atomic mass is 32.1. The van der Waals surface area contributed by atoms with E-state index in [1.807, 2.05) is 6.92 Å². The smallest absolute Gasteiger partial charge is 0.148 e. The van der Waals surface area contributed by atoms with Crippen LogP contribution in [0.3, 0.4) is 0 Å². The van der Waals surface area contributed by atoms with Crippen LogP contribution in [0.2, 0.25) is 0 Å². The highest BCUT2D eigenvalue weighted by Crippen LogP contribution is 2.27. The van der Waals surface area contributed by atoms with E-state index in [-0.39, 0.29) is 5.82 Å². The molecule has 0 bridgehead atoms. The third-order valence-electron chi connectivity index (χ3n) is 2.56. The van der Waals surface area contributed by atoms with Gasteiger partial charge in [-0.25, -0.2) is 4.39 Å². The molecule has 0 unspecified atom stereocenters. The molecule has 0 atom stereocenters. The van der Waals surface area contributed by atoms with Crippen molar-refractivity contribution in [3.8, 4) is 10.6 Å². The first-order valence-electron chi connectivity index (χ1n) is 5.88. The molecule has 1 N–H and O–H groups in total. The molecule has 0 radical (unpaired) electrons. The van der Waals surface area contributed by atoms with Crippen molar-refractivity contribution >= 4 is 11.3 Å². The van der Waals surface area contributed by atoms with Crippen molar-refractivity contribution in [2.45, 2.75) is 33.4 Å². The maximum absolute atomic E-state index is 13.2. The highest BCUT2D eigenvalue weighted by molar-refractivity contribution is 7.14. The maximum Gasteiger partial charge on any atom is 0.148 e. The summed E-state index contributed by atoms with van der Waals surface area (Å²) in [7, 11) is 0. The normalized spacial score (nSPS) is 11.2. The lowest BCUT2D eigenvalue weighted by Gasteiger charge is -2.04. The predicted octanol–water partition coefficient (Wildman–Crippen LogP) is 3.15. The molecule has 2 aromatic rings. The lowest BCUT2D eigenvalue weighted by atomic mass is 10.1. The number of hydrogen-bond acceptors (Lipinski definition) is 4. The molecule has 1 aromatic carbocycles. The number of aryl methyl sites for hydroxylation is 1. The van der Waals surface area contributed by atoms with Crippen molar-refractivity contribution in [2.24, 2.45) is 0 Å². The molecule has 1 heterocycles. The fraction of sp³-hybridized carbons (Fsp3) is 0.385. The summed E-state index contributed by atoms with van der Waals surface area (Å²) in [6, 6.07) is 5.14. The van der Waals surface area contributed by atoms with E-state index < -0.39 is 0 Å². The number of benzene rings is 1. The summed E-state index contributed by atoms with van der Waals surface area (Å²) in [5.41, 5.74) is 1.83. The monoisotopic (exact) mass is 265 g/mol. The summed E-state index contributed by atoms with van der Waals surface area (Å²) in [6.45, 7) is 6.81. The van der Waals surface area contributed by atoms with Crippen LogP contribution in [0.5, 0.6) is 0 Å². The zero-order chi connectivity index (χ0) is 13.1. The Bertz CT molecular complexity index is 537. The molecule has 2 rings (SSSR count). The van der Waals surface area contributed by atoms with Gasteiger partial charge < -0.3 is 5.32 Å². The summed E-state index contributed by atoms with van der Waals surface area (Å²) in [5.74, 6) is -0.243. The van der Waals surface area contributed by atoms with Crippen molar-refractivity contribution in [1.82, 2.24) is 15.5 Å². The van der Waals surface area contributed by atoms with E-state index in [0.717, 1.165) is 21.1 Å². The number of nitrogens with zero attached hydrogens (tertiary/aromatic N) is 2. The van der Waals surface area contributed by atoms with E-state index in [2.05, 4.69) is 29.4 Å². The number of aromatic nitrogens is 2. The van der Waals surface area contributed by atoms with Crippen LogP contribution in [0.15, 0.2) is 18.2 Å².